The van der Waals surface area contributed by atoms with Crippen LogP contribution in [-0.2, 0) is 35.6 Å². The van der Waals surface area contributed by atoms with E-state index in [9.17, 15) is 34.8 Å². The number of phenols is 1. The Labute approximate surface area is 230 Å². The summed E-state index contributed by atoms with van der Waals surface area (Å²) in [5.74, 6) is -6.49. The molecule has 1 aliphatic heterocycles. The molecule has 40 heavy (non-hydrogen) atoms. The lowest BCUT2D eigenvalue weighted by Crippen LogP contribution is -2.63. The number of nitrogens with two attached hydrogens (primary N) is 1. The number of aliphatic hydroxyl groups excluding tert-OH is 2. The van der Waals surface area contributed by atoms with Crippen LogP contribution >= 0.6 is 0 Å². The zero-order valence-electron chi connectivity index (χ0n) is 22.2. The van der Waals surface area contributed by atoms with E-state index in [2.05, 4.69) is 17.0 Å². The van der Waals surface area contributed by atoms with Crippen LogP contribution in [0.15, 0.2) is 59.1 Å². The smallest absolute Gasteiger partial charge is 0.255 e. The average molecular weight is 546 g/mol. The van der Waals surface area contributed by atoms with E-state index in [1.807, 2.05) is 12.1 Å². The van der Waals surface area contributed by atoms with E-state index in [1.54, 1.807) is 25.1 Å². The van der Waals surface area contributed by atoms with Crippen LogP contribution in [0.2, 0.25) is 0 Å². The number of phenolic OH excluding ortho intramolecular Hbond substituents is 1. The van der Waals surface area contributed by atoms with Gasteiger partial charge in [-0.1, -0.05) is 30.3 Å². The number of fused-ring (bicyclic) bond motifs is 4. The van der Waals surface area contributed by atoms with Gasteiger partial charge in [-0.25, -0.2) is 0 Å². The van der Waals surface area contributed by atoms with Crippen molar-refractivity contribution in [1.82, 2.24) is 9.80 Å². The van der Waals surface area contributed by atoms with Gasteiger partial charge in [0.15, 0.2) is 11.4 Å². The first kappa shape index (κ1) is 26.2. The minimum atomic E-state index is -2.64. The predicted octanol–water partition coefficient (Wildman–Crippen LogP) is 1.64. The normalized spacial score (nSPS) is 27.9. The number of likely N-dealkylation sites (N-methyl/N-ethyl adjacent to an activating group) is 1. The molecule has 10 nitrogen and oxygen atoms in total. The van der Waals surface area contributed by atoms with Crippen LogP contribution in [0, 0.1) is 11.8 Å². The maximum Gasteiger partial charge on any atom is 0.255 e. The van der Waals surface area contributed by atoms with Gasteiger partial charge in [-0.05, 0) is 61.2 Å². The lowest BCUT2D eigenvalue weighted by atomic mass is 9.58. The Morgan fingerprint density at radius 1 is 1.07 bits per heavy atom. The number of hydrogen-bond donors (Lipinski definition) is 5. The number of carbonyl (C=O) groups excluding carboxylic acids is 3. The molecule has 2 aromatic carbocycles. The summed E-state index contributed by atoms with van der Waals surface area (Å²) in [7, 11) is 3.22. The largest absolute Gasteiger partial charge is 0.510 e. The van der Waals surface area contributed by atoms with Crippen molar-refractivity contribution in [3.63, 3.8) is 0 Å². The Bertz CT molecular complexity index is 1530. The molecule has 0 radical (unpaired) electrons. The summed E-state index contributed by atoms with van der Waals surface area (Å²) in [4.78, 5) is 43.2. The molecule has 1 amide bonds. The first-order valence-electron chi connectivity index (χ1n) is 13.2. The molecule has 0 spiro atoms. The third kappa shape index (κ3) is 3.56. The molecule has 0 saturated carbocycles. The highest BCUT2D eigenvalue weighted by molar-refractivity contribution is 6.24. The van der Waals surface area contributed by atoms with E-state index in [4.69, 9.17) is 5.73 Å². The molecule has 0 fully saturated rings. The quantitative estimate of drug-likeness (QED) is 0.359. The number of ketones is 2. The summed E-state index contributed by atoms with van der Waals surface area (Å²) in [6.45, 7) is 2.05. The van der Waals surface area contributed by atoms with Crippen LogP contribution in [0.4, 0.5) is 0 Å². The minimum absolute atomic E-state index is 0.0370. The van der Waals surface area contributed by atoms with Gasteiger partial charge in [0.05, 0.1) is 11.6 Å². The molecule has 6 N–H and O–H groups in total. The number of Topliss-reactive ketones (excluding diaryl/α,β-unsaturated/α-hetero) is 2. The van der Waals surface area contributed by atoms with Gasteiger partial charge in [0.1, 0.15) is 22.8 Å². The van der Waals surface area contributed by atoms with Crippen molar-refractivity contribution in [2.45, 2.75) is 44.1 Å². The molecule has 3 aliphatic carbocycles. The molecule has 10 heteroatoms. The average Bonchev–Trinajstić information content (AvgIpc) is 3.30. The molecule has 0 aromatic heterocycles. The first-order valence-corrected chi connectivity index (χ1v) is 13.2. The Morgan fingerprint density at radius 2 is 1.73 bits per heavy atom. The summed E-state index contributed by atoms with van der Waals surface area (Å²) < 4.78 is 0. The van der Waals surface area contributed by atoms with Crippen LogP contribution in [0.1, 0.15) is 39.0 Å². The fraction of sp³-hybridized carbons (Fsp3) is 0.367. The van der Waals surface area contributed by atoms with E-state index in [-0.39, 0.29) is 29.7 Å². The van der Waals surface area contributed by atoms with Crippen LogP contribution in [0.3, 0.4) is 0 Å². The van der Waals surface area contributed by atoms with Crippen LogP contribution in [-0.4, -0.2) is 73.4 Å². The first-order chi connectivity index (χ1) is 18.9. The van der Waals surface area contributed by atoms with Crippen molar-refractivity contribution in [2.24, 2.45) is 17.6 Å². The van der Waals surface area contributed by atoms with Crippen LogP contribution < -0.4 is 5.73 Å². The van der Waals surface area contributed by atoms with E-state index < -0.39 is 58.0 Å². The SMILES string of the molecule is CN(C)[C@@H]1C(O)=C(C(N)=O)C(=O)[C@@]2(O)C(O)=C3C(=O)c4c(O)ccc(CN5Cc6ccccc6C5)c4C[C@H]3C[C@@H]12. The number of allylic oxidation sites excluding steroid dienone is 1. The van der Waals surface area contributed by atoms with Gasteiger partial charge in [-0.2, -0.15) is 0 Å². The number of benzene rings is 2. The van der Waals surface area contributed by atoms with E-state index in [0.717, 1.165) is 18.7 Å². The highest BCUT2D eigenvalue weighted by Crippen LogP contribution is 2.52. The monoisotopic (exact) mass is 545 g/mol. The van der Waals surface area contributed by atoms with Gasteiger partial charge < -0.3 is 26.2 Å². The van der Waals surface area contributed by atoms with Gasteiger partial charge in [-0.15, -0.1) is 0 Å². The Morgan fingerprint density at radius 3 is 2.33 bits per heavy atom. The second kappa shape index (κ2) is 9.02. The number of aromatic hydroxyl groups is 1. The van der Waals surface area contributed by atoms with E-state index in [0.29, 0.717) is 12.1 Å². The Balaban J connectivity index is 1.43. The minimum Gasteiger partial charge on any atom is -0.510 e. The third-order valence-corrected chi connectivity index (χ3v) is 9.00. The van der Waals surface area contributed by atoms with Gasteiger partial charge in [0.2, 0.25) is 5.78 Å². The van der Waals surface area contributed by atoms with Crippen molar-refractivity contribution in [3.05, 3.63) is 86.9 Å². The molecule has 0 bridgehead atoms. The number of hydrogen-bond acceptors (Lipinski definition) is 9. The third-order valence-electron chi connectivity index (χ3n) is 9.00. The maximum absolute atomic E-state index is 13.9. The zero-order chi connectivity index (χ0) is 28.7. The summed E-state index contributed by atoms with van der Waals surface area (Å²) >= 11 is 0. The molecule has 208 valence electrons. The van der Waals surface area contributed by atoms with Crippen molar-refractivity contribution < 1.29 is 34.8 Å². The molecule has 6 rings (SSSR count). The molecule has 4 atom stereocenters. The number of rotatable bonds is 4. The predicted molar refractivity (Wildman–Crippen MR) is 143 cm³/mol. The number of primary amides is 1. The van der Waals surface area contributed by atoms with Gasteiger partial charge >= 0.3 is 0 Å². The fourth-order valence-corrected chi connectivity index (χ4v) is 7.22. The molecule has 0 unspecified atom stereocenters. The zero-order valence-corrected chi connectivity index (χ0v) is 22.2. The van der Waals surface area contributed by atoms with E-state index >= 15 is 0 Å². The standard InChI is InChI=1S/C30H31N3O7/c1-32(2)24-19-10-17-9-18-16(13-33-11-14-5-3-4-6-15(14)12-33)7-8-20(34)22(18)25(35)21(17)27(37)30(19,40)28(38)23(26(24)36)29(31)39/h3-8,17,19,24,34,36-37,40H,9-13H2,1-2H3,(H2,31,39)/t17-,19-,24-,30-/m0/s1. The number of aliphatic hydroxyl groups is 3. The van der Waals surface area contributed by atoms with E-state index in [1.165, 1.54) is 17.2 Å². The van der Waals surface area contributed by atoms with Gasteiger partial charge in [0.25, 0.3) is 5.91 Å². The summed E-state index contributed by atoms with van der Waals surface area (Å²) in [6.07, 6.45) is 0.342. The topological polar surface area (TPSA) is 165 Å². The lowest BCUT2D eigenvalue weighted by Gasteiger charge is -2.50. The van der Waals surface area contributed by atoms with Gasteiger partial charge in [-0.3, -0.25) is 24.2 Å². The number of carbonyl (C=O) groups is 3. The van der Waals surface area contributed by atoms with Crippen molar-refractivity contribution in [2.75, 3.05) is 14.1 Å². The molecule has 1 heterocycles. The Kier molecular flexibility index (Phi) is 5.92. The molecule has 0 saturated heterocycles. The summed E-state index contributed by atoms with van der Waals surface area (Å²) in [5.41, 5.74) is 5.83. The number of nitrogens with zero attached hydrogens (tertiary/aromatic N) is 2. The molecular formula is C30H31N3O7. The molecular weight excluding hydrogens is 514 g/mol. The van der Waals surface area contributed by atoms with Crippen LogP contribution in [0.5, 0.6) is 5.75 Å². The fourth-order valence-electron chi connectivity index (χ4n) is 7.22. The second-order valence-electron chi connectivity index (χ2n) is 11.5. The maximum atomic E-state index is 13.9. The van der Waals surface area contributed by atoms with Crippen LogP contribution in [0.25, 0.3) is 0 Å². The van der Waals surface area contributed by atoms with Crippen molar-refractivity contribution in [1.29, 1.82) is 0 Å². The van der Waals surface area contributed by atoms with Crippen molar-refractivity contribution >= 4 is 17.5 Å². The second-order valence-corrected chi connectivity index (χ2v) is 11.5. The molecule has 2 aromatic rings. The summed E-state index contributed by atoms with van der Waals surface area (Å²) in [6, 6.07) is 10.4. The highest BCUT2D eigenvalue weighted by Gasteiger charge is 2.63. The summed E-state index contributed by atoms with van der Waals surface area (Å²) in [5, 5.41) is 44.8. The number of amides is 1. The lowest BCUT2D eigenvalue weighted by molar-refractivity contribution is -0.148. The van der Waals surface area contributed by atoms with Gasteiger partial charge in [0, 0.05) is 31.1 Å². The Hall–Kier alpha value is -3.99. The highest BCUT2D eigenvalue weighted by atomic mass is 16.3. The van der Waals surface area contributed by atoms with Crippen molar-refractivity contribution in [3.8, 4) is 5.75 Å². The molecule has 4 aliphatic rings.